The molecule has 0 aliphatic carbocycles. The van der Waals surface area contributed by atoms with Gasteiger partial charge in [-0.15, -0.1) is 0 Å². The molecule has 0 aliphatic rings. The number of aromatic hydroxyl groups is 2. The van der Waals surface area contributed by atoms with Crippen molar-refractivity contribution in [2.75, 3.05) is 0 Å². The Hall–Kier alpha value is -3.42. The first-order valence-electron chi connectivity index (χ1n) is 6.02. The van der Waals surface area contributed by atoms with Crippen molar-refractivity contribution in [3.05, 3.63) is 67.8 Å². The minimum absolute atomic E-state index is 0.137. The normalized spacial score (nSPS) is 10.7. The molecule has 112 valence electrons. The third-order valence-electron chi connectivity index (χ3n) is 2.91. The zero-order valence-electron chi connectivity index (χ0n) is 11.0. The summed E-state index contributed by atoms with van der Waals surface area (Å²) in [6.45, 7) is 0. The molecule has 8 heteroatoms. The predicted octanol–water partition coefficient (Wildman–Crippen LogP) is 3.08. The van der Waals surface area contributed by atoms with E-state index < -0.39 is 15.5 Å². The number of nitro groups is 2. The highest BCUT2D eigenvalue weighted by Gasteiger charge is 2.17. The maximum Gasteiger partial charge on any atom is 0.283 e. The topological polar surface area (TPSA) is 127 Å². The van der Waals surface area contributed by atoms with E-state index in [9.17, 15) is 30.4 Å². The van der Waals surface area contributed by atoms with Gasteiger partial charge < -0.3 is 10.2 Å². The second-order valence-electron chi connectivity index (χ2n) is 4.31. The van der Waals surface area contributed by atoms with Crippen LogP contribution in [0.15, 0.2) is 36.4 Å². The molecule has 0 bridgehead atoms. The van der Waals surface area contributed by atoms with Crippen LogP contribution in [-0.2, 0) is 0 Å². The second kappa shape index (κ2) is 5.92. The van der Waals surface area contributed by atoms with Crippen molar-refractivity contribution in [2.45, 2.75) is 0 Å². The van der Waals surface area contributed by atoms with E-state index >= 15 is 0 Å². The van der Waals surface area contributed by atoms with E-state index in [1.54, 1.807) is 0 Å². The Balaban J connectivity index is 2.44. The average Bonchev–Trinajstić information content (AvgIpc) is 2.48. The van der Waals surface area contributed by atoms with Crippen LogP contribution < -0.4 is 0 Å². The molecule has 22 heavy (non-hydrogen) atoms. The van der Waals surface area contributed by atoms with Gasteiger partial charge >= 0.3 is 0 Å². The summed E-state index contributed by atoms with van der Waals surface area (Å²) < 4.78 is 0. The standard InChI is InChI=1S/C14H10N2O6/c17-13-3-1-2-10(14(13)18)5-4-9-6-7-11(15(19)20)8-12(9)16(21)22/h1-8,17-18H/b5-4+. The van der Waals surface area contributed by atoms with E-state index in [1.807, 2.05) is 0 Å². The quantitative estimate of drug-likeness (QED) is 0.386. The van der Waals surface area contributed by atoms with Crippen molar-refractivity contribution in [1.82, 2.24) is 0 Å². The van der Waals surface area contributed by atoms with Crippen LogP contribution in [0.4, 0.5) is 11.4 Å². The number of phenolic OH excluding ortho intramolecular Hbond substituents is 2. The number of benzene rings is 2. The molecule has 2 N–H and O–H groups in total. The lowest BCUT2D eigenvalue weighted by Gasteiger charge is -2.01. The van der Waals surface area contributed by atoms with E-state index in [2.05, 4.69) is 0 Å². The van der Waals surface area contributed by atoms with Crippen LogP contribution in [0, 0.1) is 20.2 Å². The zero-order chi connectivity index (χ0) is 16.3. The van der Waals surface area contributed by atoms with Gasteiger partial charge in [-0.2, -0.15) is 0 Å². The first kappa shape index (κ1) is 15.0. The number of rotatable bonds is 4. The van der Waals surface area contributed by atoms with E-state index in [-0.39, 0.29) is 28.3 Å². The van der Waals surface area contributed by atoms with Gasteiger partial charge in [0.2, 0.25) is 0 Å². The number of phenols is 2. The largest absolute Gasteiger partial charge is 0.504 e. The van der Waals surface area contributed by atoms with E-state index in [1.165, 1.54) is 36.4 Å². The highest BCUT2D eigenvalue weighted by Crippen LogP contribution is 2.31. The molecule has 8 nitrogen and oxygen atoms in total. The smallest absolute Gasteiger partial charge is 0.283 e. The van der Waals surface area contributed by atoms with Crippen molar-refractivity contribution in [2.24, 2.45) is 0 Å². The van der Waals surface area contributed by atoms with Gasteiger partial charge in [0, 0.05) is 11.6 Å². The second-order valence-corrected chi connectivity index (χ2v) is 4.31. The summed E-state index contributed by atoms with van der Waals surface area (Å²) in [4.78, 5) is 20.2. The van der Waals surface area contributed by atoms with Gasteiger partial charge in [0.25, 0.3) is 11.4 Å². The maximum absolute atomic E-state index is 11.0. The van der Waals surface area contributed by atoms with Crippen LogP contribution in [-0.4, -0.2) is 20.1 Å². The van der Waals surface area contributed by atoms with Gasteiger partial charge in [-0.1, -0.05) is 18.2 Å². The van der Waals surface area contributed by atoms with Crippen LogP contribution in [0.2, 0.25) is 0 Å². The lowest BCUT2D eigenvalue weighted by atomic mass is 10.1. The number of nitrogens with zero attached hydrogens (tertiary/aromatic N) is 2. The molecule has 2 rings (SSSR count). The lowest BCUT2D eigenvalue weighted by molar-refractivity contribution is -0.394. The zero-order valence-corrected chi connectivity index (χ0v) is 11.0. The third kappa shape index (κ3) is 3.01. The fourth-order valence-electron chi connectivity index (χ4n) is 1.81. The molecule has 0 saturated carbocycles. The summed E-state index contributed by atoms with van der Waals surface area (Å²) in [5.41, 5.74) is -0.417. The molecule has 0 aliphatic heterocycles. The fourth-order valence-corrected chi connectivity index (χ4v) is 1.81. The monoisotopic (exact) mass is 302 g/mol. The van der Waals surface area contributed by atoms with Crippen molar-refractivity contribution < 1.29 is 20.1 Å². The molecule has 0 aromatic heterocycles. The molecular weight excluding hydrogens is 292 g/mol. The molecule has 0 radical (unpaired) electrons. The van der Waals surface area contributed by atoms with Crippen LogP contribution in [0.25, 0.3) is 12.2 Å². The van der Waals surface area contributed by atoms with Gasteiger partial charge in [-0.05, 0) is 18.2 Å². The number of hydrogen-bond acceptors (Lipinski definition) is 6. The first-order valence-corrected chi connectivity index (χ1v) is 6.02. The first-order chi connectivity index (χ1) is 10.4. The van der Waals surface area contributed by atoms with Crippen molar-refractivity contribution >= 4 is 23.5 Å². The molecule has 0 spiro atoms. The predicted molar refractivity (Wildman–Crippen MR) is 78.5 cm³/mol. The summed E-state index contributed by atoms with van der Waals surface area (Å²) in [5, 5.41) is 40.7. The minimum atomic E-state index is -0.727. The van der Waals surface area contributed by atoms with Gasteiger partial charge in [-0.3, -0.25) is 20.2 Å². The molecule has 0 fully saturated rings. The van der Waals surface area contributed by atoms with Crippen LogP contribution in [0.5, 0.6) is 11.5 Å². The summed E-state index contributed by atoms with van der Waals surface area (Å²) in [6, 6.07) is 7.55. The third-order valence-corrected chi connectivity index (χ3v) is 2.91. The highest BCUT2D eigenvalue weighted by molar-refractivity contribution is 5.77. The number of hydrogen-bond donors (Lipinski definition) is 2. The summed E-state index contributed by atoms with van der Waals surface area (Å²) >= 11 is 0. The lowest BCUT2D eigenvalue weighted by Crippen LogP contribution is -1.94. The fraction of sp³-hybridized carbons (Fsp3) is 0. The molecule has 2 aromatic carbocycles. The van der Waals surface area contributed by atoms with E-state index in [0.29, 0.717) is 0 Å². The number of nitro benzene ring substituents is 2. The molecule has 0 amide bonds. The molecule has 0 unspecified atom stereocenters. The van der Waals surface area contributed by atoms with E-state index in [0.717, 1.165) is 12.1 Å². The van der Waals surface area contributed by atoms with Gasteiger partial charge in [0.15, 0.2) is 11.5 Å². The van der Waals surface area contributed by atoms with Crippen LogP contribution >= 0.6 is 0 Å². The molecular formula is C14H10N2O6. The Labute approximate surface area is 123 Å². The molecule has 0 saturated heterocycles. The number of para-hydroxylation sites is 1. The summed E-state index contributed by atoms with van der Waals surface area (Å²) in [7, 11) is 0. The van der Waals surface area contributed by atoms with Crippen LogP contribution in [0.1, 0.15) is 11.1 Å². The Kier molecular flexibility index (Phi) is 4.03. The van der Waals surface area contributed by atoms with E-state index in [4.69, 9.17) is 0 Å². The average molecular weight is 302 g/mol. The summed E-state index contributed by atoms with van der Waals surface area (Å²) in [6.07, 6.45) is 2.69. The van der Waals surface area contributed by atoms with Crippen molar-refractivity contribution in [3.63, 3.8) is 0 Å². The highest BCUT2D eigenvalue weighted by atomic mass is 16.6. The Morgan fingerprint density at radius 3 is 2.23 bits per heavy atom. The molecule has 0 atom stereocenters. The summed E-state index contributed by atoms with van der Waals surface area (Å²) in [5.74, 6) is -0.677. The van der Waals surface area contributed by atoms with Gasteiger partial charge in [-0.25, -0.2) is 0 Å². The number of non-ortho nitro benzene ring substituents is 1. The van der Waals surface area contributed by atoms with Crippen molar-refractivity contribution in [3.8, 4) is 11.5 Å². The Morgan fingerprint density at radius 2 is 1.59 bits per heavy atom. The Morgan fingerprint density at radius 1 is 0.909 bits per heavy atom. The minimum Gasteiger partial charge on any atom is -0.504 e. The molecule has 0 heterocycles. The van der Waals surface area contributed by atoms with Crippen LogP contribution in [0.3, 0.4) is 0 Å². The molecule has 2 aromatic rings. The SMILES string of the molecule is O=[N+]([O-])c1ccc(/C=C/c2cccc(O)c2O)c([N+](=O)[O-])c1. The maximum atomic E-state index is 11.0. The van der Waals surface area contributed by atoms with Gasteiger partial charge in [0.05, 0.1) is 21.5 Å². The van der Waals surface area contributed by atoms with Crippen molar-refractivity contribution in [1.29, 1.82) is 0 Å². The van der Waals surface area contributed by atoms with Gasteiger partial charge in [0.1, 0.15) is 0 Å². The Bertz CT molecular complexity index is 785.